The summed E-state index contributed by atoms with van der Waals surface area (Å²) in [6.45, 7) is 7.57. The van der Waals surface area contributed by atoms with E-state index in [2.05, 4.69) is 68.9 Å². The number of halogens is 1. The molecule has 2 aliphatic rings. The lowest BCUT2D eigenvalue weighted by Crippen LogP contribution is -2.54. The summed E-state index contributed by atoms with van der Waals surface area (Å²) in [4.78, 5) is 36.7. The lowest BCUT2D eigenvalue weighted by Gasteiger charge is -2.36. The van der Waals surface area contributed by atoms with E-state index in [0.717, 1.165) is 55.9 Å². The molecule has 6 rings (SSSR count). The number of hydrogen-bond acceptors (Lipinski definition) is 9. The molecule has 50 heavy (non-hydrogen) atoms. The summed E-state index contributed by atoms with van der Waals surface area (Å²) in [6, 6.07) is 18.1. The topological polar surface area (TPSA) is 129 Å². The average molecular weight is 701 g/mol. The van der Waals surface area contributed by atoms with E-state index in [1.54, 1.807) is 11.4 Å². The molecule has 1 saturated carbocycles. The Morgan fingerprint density at radius 2 is 1.68 bits per heavy atom. The molecule has 10 nitrogen and oxygen atoms in total. The molecular formula is C38H45FN6O4S. The molecule has 3 heterocycles. The van der Waals surface area contributed by atoms with Crippen molar-refractivity contribution >= 4 is 23.2 Å². The van der Waals surface area contributed by atoms with Gasteiger partial charge in [0.15, 0.2) is 0 Å². The van der Waals surface area contributed by atoms with Gasteiger partial charge in [0.05, 0.1) is 12.8 Å². The normalized spacial score (nSPS) is 21.0. The Balaban J connectivity index is 1.02. The van der Waals surface area contributed by atoms with E-state index in [-0.39, 0.29) is 36.0 Å². The van der Waals surface area contributed by atoms with E-state index in [1.165, 1.54) is 16.9 Å². The number of carbonyl (C=O) groups is 2. The Morgan fingerprint density at radius 1 is 0.980 bits per heavy atom. The standard InChI is InChI=1S/C38H45FN6O4S/c1-24-20-45(21-25(2)41-24)16-4-5-26-8-10-27(11-9-26)28-6-3-7-32(17-28)49-38-33(18-29(39)19-40-38)36(47)42-30-12-14-31(15-13-30)43-37(48)34-23-50-35(22-46)44-34/h3,6-11,17-19,23-25,30-31,41,46H,4-5,12-16,20-22H2,1-2H3,(H,42,47)(H,43,48)/t24-,25+,30?,31?. The minimum atomic E-state index is -0.633. The van der Waals surface area contributed by atoms with Crippen LogP contribution in [-0.2, 0) is 13.0 Å². The third-order valence-electron chi connectivity index (χ3n) is 9.29. The predicted octanol–water partition coefficient (Wildman–Crippen LogP) is 5.71. The average Bonchev–Trinajstić information content (AvgIpc) is 3.60. The number of aliphatic hydroxyl groups excluding tert-OH is 1. The van der Waals surface area contributed by atoms with Gasteiger partial charge in [-0.1, -0.05) is 36.4 Å². The molecule has 1 saturated heterocycles. The molecule has 0 radical (unpaired) electrons. The smallest absolute Gasteiger partial charge is 0.270 e. The summed E-state index contributed by atoms with van der Waals surface area (Å²) >= 11 is 1.24. The maximum atomic E-state index is 14.3. The second-order valence-electron chi connectivity index (χ2n) is 13.4. The van der Waals surface area contributed by atoms with Crippen LogP contribution in [0.1, 0.15) is 77.4 Å². The number of hydrogen-bond donors (Lipinski definition) is 4. The van der Waals surface area contributed by atoms with Crippen molar-refractivity contribution in [1.29, 1.82) is 0 Å². The van der Waals surface area contributed by atoms with Gasteiger partial charge in [-0.3, -0.25) is 9.59 Å². The van der Waals surface area contributed by atoms with Crippen LogP contribution >= 0.6 is 11.3 Å². The van der Waals surface area contributed by atoms with Gasteiger partial charge in [-0.05, 0) is 93.8 Å². The number of aryl methyl sites for hydroxylation is 1. The van der Waals surface area contributed by atoms with Crippen molar-refractivity contribution in [2.75, 3.05) is 19.6 Å². The number of carbonyl (C=O) groups excluding carboxylic acids is 2. The minimum absolute atomic E-state index is 0.0168. The second kappa shape index (κ2) is 16.7. The Morgan fingerprint density at radius 3 is 2.36 bits per heavy atom. The fraction of sp³-hybridized carbons (Fsp3) is 0.421. The van der Waals surface area contributed by atoms with Crippen LogP contribution in [0.15, 0.2) is 66.2 Å². The third kappa shape index (κ3) is 9.51. The van der Waals surface area contributed by atoms with Crippen molar-refractivity contribution in [1.82, 2.24) is 30.8 Å². The fourth-order valence-corrected chi connectivity index (χ4v) is 7.54. The van der Waals surface area contributed by atoms with E-state index in [1.807, 2.05) is 18.2 Å². The largest absolute Gasteiger partial charge is 0.438 e. The maximum Gasteiger partial charge on any atom is 0.270 e. The van der Waals surface area contributed by atoms with Crippen LogP contribution in [0, 0.1) is 5.82 Å². The molecule has 0 bridgehead atoms. The van der Waals surface area contributed by atoms with Gasteiger partial charge in [-0.2, -0.15) is 0 Å². The number of aliphatic hydroxyl groups is 1. The number of benzene rings is 2. The number of thiazole rings is 1. The van der Waals surface area contributed by atoms with Crippen molar-refractivity contribution < 1.29 is 23.8 Å². The number of nitrogens with one attached hydrogen (secondary N) is 3. The van der Waals surface area contributed by atoms with E-state index in [9.17, 15) is 19.1 Å². The monoisotopic (exact) mass is 700 g/mol. The highest BCUT2D eigenvalue weighted by molar-refractivity contribution is 7.09. The van der Waals surface area contributed by atoms with Gasteiger partial charge in [0.25, 0.3) is 11.8 Å². The first-order chi connectivity index (χ1) is 24.2. The molecule has 2 aromatic carbocycles. The van der Waals surface area contributed by atoms with Gasteiger partial charge in [0.2, 0.25) is 5.88 Å². The van der Waals surface area contributed by atoms with E-state index in [4.69, 9.17) is 4.74 Å². The molecule has 2 aromatic heterocycles. The predicted molar refractivity (Wildman–Crippen MR) is 192 cm³/mol. The van der Waals surface area contributed by atoms with Crippen LogP contribution in [0.4, 0.5) is 4.39 Å². The molecule has 1 aliphatic carbocycles. The van der Waals surface area contributed by atoms with E-state index >= 15 is 0 Å². The van der Waals surface area contributed by atoms with Crippen molar-refractivity contribution in [2.45, 2.75) is 83.1 Å². The highest BCUT2D eigenvalue weighted by Crippen LogP contribution is 2.29. The molecule has 4 aromatic rings. The summed E-state index contributed by atoms with van der Waals surface area (Å²) in [7, 11) is 0. The van der Waals surface area contributed by atoms with Crippen LogP contribution in [0.25, 0.3) is 11.1 Å². The Labute approximate surface area is 296 Å². The Bertz CT molecular complexity index is 1750. The van der Waals surface area contributed by atoms with Gasteiger partial charge in [0.1, 0.15) is 27.8 Å². The van der Waals surface area contributed by atoms with Gasteiger partial charge < -0.3 is 30.7 Å². The van der Waals surface area contributed by atoms with Crippen LogP contribution in [0.3, 0.4) is 0 Å². The number of rotatable bonds is 12. The first kappa shape index (κ1) is 35.6. The molecular weight excluding hydrogens is 656 g/mol. The fourth-order valence-electron chi connectivity index (χ4n) is 6.91. The SMILES string of the molecule is C[C@@H]1CN(CCCc2ccc(-c3cccc(Oc4ncc(F)cc4C(=O)NC4CCC(NC(=O)c5csc(CO)n5)CC4)c3)cc2)C[C@H](C)N1. The summed E-state index contributed by atoms with van der Waals surface area (Å²) in [5.74, 6) is -0.862. The molecule has 2 atom stereocenters. The quantitative estimate of drug-likeness (QED) is 0.148. The summed E-state index contributed by atoms with van der Waals surface area (Å²) in [5, 5.41) is 20.9. The number of aromatic nitrogens is 2. The van der Waals surface area contributed by atoms with Crippen molar-refractivity contribution in [3.63, 3.8) is 0 Å². The summed E-state index contributed by atoms with van der Waals surface area (Å²) in [5.41, 5.74) is 3.61. The first-order valence-corrected chi connectivity index (χ1v) is 18.3. The molecule has 4 N–H and O–H groups in total. The van der Waals surface area contributed by atoms with Crippen LogP contribution in [-0.4, -0.2) is 75.6 Å². The molecule has 2 amide bonds. The number of amides is 2. The van der Waals surface area contributed by atoms with E-state index < -0.39 is 11.7 Å². The lowest BCUT2D eigenvalue weighted by atomic mass is 9.91. The number of pyridine rings is 1. The van der Waals surface area contributed by atoms with Gasteiger partial charge >= 0.3 is 0 Å². The number of nitrogens with zero attached hydrogens (tertiary/aromatic N) is 3. The van der Waals surface area contributed by atoms with E-state index in [0.29, 0.717) is 54.2 Å². The van der Waals surface area contributed by atoms with Crippen molar-refractivity contribution in [2.24, 2.45) is 0 Å². The van der Waals surface area contributed by atoms with Crippen molar-refractivity contribution in [3.05, 3.63) is 93.8 Å². The van der Waals surface area contributed by atoms with Gasteiger partial charge in [0, 0.05) is 42.6 Å². The zero-order valence-electron chi connectivity index (χ0n) is 28.5. The third-order valence-corrected chi connectivity index (χ3v) is 10.1. The lowest BCUT2D eigenvalue weighted by molar-refractivity contribution is 0.0887. The molecule has 1 aliphatic heterocycles. The first-order valence-electron chi connectivity index (χ1n) is 17.4. The zero-order valence-corrected chi connectivity index (χ0v) is 29.3. The van der Waals surface area contributed by atoms with Crippen LogP contribution in [0.2, 0.25) is 0 Å². The summed E-state index contributed by atoms with van der Waals surface area (Å²) in [6.07, 6.45) is 5.80. The molecule has 264 valence electrons. The Kier molecular flexibility index (Phi) is 11.9. The highest BCUT2D eigenvalue weighted by Gasteiger charge is 2.27. The number of piperazine rings is 1. The molecule has 2 fully saturated rings. The zero-order chi connectivity index (χ0) is 35.0. The maximum absolute atomic E-state index is 14.3. The highest BCUT2D eigenvalue weighted by atomic mass is 32.1. The van der Waals surface area contributed by atoms with Gasteiger partial charge in [-0.15, -0.1) is 11.3 Å². The second-order valence-corrected chi connectivity index (χ2v) is 14.4. The number of ether oxygens (including phenoxy) is 1. The van der Waals surface area contributed by atoms with Crippen molar-refractivity contribution in [3.8, 4) is 22.8 Å². The molecule has 12 heteroatoms. The van der Waals surface area contributed by atoms with Crippen LogP contribution < -0.4 is 20.7 Å². The van der Waals surface area contributed by atoms with Crippen LogP contribution in [0.5, 0.6) is 11.6 Å². The van der Waals surface area contributed by atoms with Gasteiger partial charge in [-0.25, -0.2) is 14.4 Å². The molecule has 0 spiro atoms. The molecule has 0 unspecified atom stereocenters. The minimum Gasteiger partial charge on any atom is -0.438 e. The summed E-state index contributed by atoms with van der Waals surface area (Å²) < 4.78 is 20.4. The Hall–Kier alpha value is -4.23.